The molecule has 2 rings (SSSR count). The van der Waals surface area contributed by atoms with Crippen molar-refractivity contribution in [2.24, 2.45) is 0 Å². The molecule has 5 heteroatoms. The third-order valence-corrected chi connectivity index (χ3v) is 4.00. The molecule has 0 bridgehead atoms. The molecular formula is C12H10BrNO2S. The molecule has 0 aliphatic rings. The predicted octanol–water partition coefficient (Wildman–Crippen LogP) is 3.12. The van der Waals surface area contributed by atoms with Gasteiger partial charge in [-0.15, -0.1) is 11.3 Å². The number of hydrogen-bond acceptors (Lipinski definition) is 3. The standard InChI is InChI=1S/C12H10BrNO2S/c13-10-4-2-1-3-8(10)5-11-14-7-9(17-11)6-12(15)16/h1-4,7H,5-6H2,(H,15,16). The van der Waals surface area contributed by atoms with E-state index in [9.17, 15) is 4.79 Å². The van der Waals surface area contributed by atoms with Crippen LogP contribution in [0.5, 0.6) is 0 Å². The van der Waals surface area contributed by atoms with Gasteiger partial charge in [0, 0.05) is 22.0 Å². The molecule has 0 saturated heterocycles. The molecule has 2 aromatic rings. The molecule has 0 spiro atoms. The molecule has 1 N–H and O–H groups in total. The molecule has 0 saturated carbocycles. The molecule has 1 aromatic carbocycles. The topological polar surface area (TPSA) is 50.2 Å². The molecule has 1 heterocycles. The fraction of sp³-hybridized carbons (Fsp3) is 0.167. The Balaban J connectivity index is 2.12. The van der Waals surface area contributed by atoms with Crippen LogP contribution in [0.1, 0.15) is 15.4 Å². The van der Waals surface area contributed by atoms with E-state index < -0.39 is 5.97 Å². The molecular weight excluding hydrogens is 302 g/mol. The summed E-state index contributed by atoms with van der Waals surface area (Å²) in [6, 6.07) is 7.96. The van der Waals surface area contributed by atoms with E-state index in [1.165, 1.54) is 11.3 Å². The van der Waals surface area contributed by atoms with Gasteiger partial charge >= 0.3 is 5.97 Å². The van der Waals surface area contributed by atoms with E-state index in [4.69, 9.17) is 5.11 Å². The van der Waals surface area contributed by atoms with Gasteiger partial charge in [0.25, 0.3) is 0 Å². The molecule has 0 amide bonds. The molecule has 0 aliphatic carbocycles. The highest BCUT2D eigenvalue weighted by molar-refractivity contribution is 9.10. The monoisotopic (exact) mass is 311 g/mol. The minimum absolute atomic E-state index is 0.0492. The van der Waals surface area contributed by atoms with Gasteiger partial charge in [0.15, 0.2) is 0 Å². The first kappa shape index (κ1) is 12.3. The first-order chi connectivity index (χ1) is 8.15. The summed E-state index contributed by atoms with van der Waals surface area (Å²) < 4.78 is 1.05. The second-order valence-corrected chi connectivity index (χ2v) is 5.61. The maximum absolute atomic E-state index is 10.6. The SMILES string of the molecule is O=C(O)Cc1cnc(Cc2ccccc2Br)s1. The number of nitrogens with zero attached hydrogens (tertiary/aromatic N) is 1. The van der Waals surface area contributed by atoms with Gasteiger partial charge in [-0.1, -0.05) is 34.1 Å². The highest BCUT2D eigenvalue weighted by Gasteiger charge is 2.07. The van der Waals surface area contributed by atoms with Crippen LogP contribution in [-0.4, -0.2) is 16.1 Å². The van der Waals surface area contributed by atoms with Crippen LogP contribution in [0, 0.1) is 0 Å². The lowest BCUT2D eigenvalue weighted by Gasteiger charge is -2.00. The smallest absolute Gasteiger partial charge is 0.308 e. The summed E-state index contributed by atoms with van der Waals surface area (Å²) in [7, 11) is 0. The molecule has 0 radical (unpaired) electrons. The number of hydrogen-bond donors (Lipinski definition) is 1. The van der Waals surface area contributed by atoms with Gasteiger partial charge < -0.3 is 5.11 Å². The zero-order valence-corrected chi connectivity index (χ0v) is 11.3. The number of benzene rings is 1. The van der Waals surface area contributed by atoms with Crippen molar-refractivity contribution in [3.8, 4) is 0 Å². The number of thiazole rings is 1. The summed E-state index contributed by atoms with van der Waals surface area (Å²) in [6.07, 6.45) is 2.42. The minimum Gasteiger partial charge on any atom is -0.481 e. The van der Waals surface area contributed by atoms with Crippen LogP contribution in [-0.2, 0) is 17.6 Å². The second-order valence-electron chi connectivity index (χ2n) is 3.56. The summed E-state index contributed by atoms with van der Waals surface area (Å²) in [6.45, 7) is 0. The molecule has 17 heavy (non-hydrogen) atoms. The van der Waals surface area contributed by atoms with Crippen LogP contribution in [0.15, 0.2) is 34.9 Å². The molecule has 88 valence electrons. The van der Waals surface area contributed by atoms with E-state index in [0.717, 1.165) is 26.3 Å². The quantitative estimate of drug-likeness (QED) is 0.943. The Kier molecular flexibility index (Phi) is 3.91. The van der Waals surface area contributed by atoms with Gasteiger partial charge in [0.05, 0.1) is 11.4 Å². The van der Waals surface area contributed by atoms with Crippen LogP contribution < -0.4 is 0 Å². The Hall–Kier alpha value is -1.20. The zero-order chi connectivity index (χ0) is 12.3. The van der Waals surface area contributed by atoms with Gasteiger partial charge in [-0.2, -0.15) is 0 Å². The Labute approximate surface area is 111 Å². The highest BCUT2D eigenvalue weighted by atomic mass is 79.9. The van der Waals surface area contributed by atoms with Crippen molar-refractivity contribution < 1.29 is 9.90 Å². The van der Waals surface area contributed by atoms with Crippen molar-refractivity contribution in [1.82, 2.24) is 4.98 Å². The number of rotatable bonds is 4. The number of carbonyl (C=O) groups is 1. The average molecular weight is 312 g/mol. The summed E-state index contributed by atoms with van der Waals surface area (Å²) in [5, 5.41) is 9.62. The third-order valence-electron chi connectivity index (χ3n) is 2.23. The Morgan fingerprint density at radius 3 is 2.88 bits per heavy atom. The minimum atomic E-state index is -0.818. The van der Waals surface area contributed by atoms with Crippen molar-refractivity contribution in [3.63, 3.8) is 0 Å². The lowest BCUT2D eigenvalue weighted by molar-refractivity contribution is -0.136. The van der Waals surface area contributed by atoms with Gasteiger partial charge in [-0.25, -0.2) is 4.98 Å². The molecule has 0 atom stereocenters. The van der Waals surface area contributed by atoms with E-state index in [2.05, 4.69) is 20.9 Å². The predicted molar refractivity (Wildman–Crippen MR) is 70.4 cm³/mol. The van der Waals surface area contributed by atoms with Gasteiger partial charge in [-0.3, -0.25) is 4.79 Å². The number of carboxylic acid groups (broad SMARTS) is 1. The zero-order valence-electron chi connectivity index (χ0n) is 8.89. The van der Waals surface area contributed by atoms with Crippen LogP contribution >= 0.6 is 27.3 Å². The molecule has 1 aromatic heterocycles. The first-order valence-corrected chi connectivity index (χ1v) is 6.65. The van der Waals surface area contributed by atoms with Crippen molar-refractivity contribution in [3.05, 3.63) is 50.4 Å². The fourth-order valence-corrected chi connectivity index (χ4v) is 2.83. The van der Waals surface area contributed by atoms with E-state index in [1.54, 1.807) is 6.20 Å². The third kappa shape index (κ3) is 3.38. The molecule has 0 aliphatic heterocycles. The molecule has 3 nitrogen and oxygen atoms in total. The summed E-state index contributed by atoms with van der Waals surface area (Å²) >= 11 is 4.94. The highest BCUT2D eigenvalue weighted by Crippen LogP contribution is 2.22. The van der Waals surface area contributed by atoms with E-state index in [-0.39, 0.29) is 6.42 Å². The van der Waals surface area contributed by atoms with Crippen molar-refractivity contribution >= 4 is 33.2 Å². The van der Waals surface area contributed by atoms with Crippen molar-refractivity contribution in [1.29, 1.82) is 0 Å². The Bertz CT molecular complexity index is 539. The van der Waals surface area contributed by atoms with Crippen molar-refractivity contribution in [2.45, 2.75) is 12.8 Å². The largest absolute Gasteiger partial charge is 0.481 e. The van der Waals surface area contributed by atoms with Crippen LogP contribution in [0.2, 0.25) is 0 Å². The Morgan fingerprint density at radius 1 is 1.41 bits per heavy atom. The summed E-state index contributed by atoms with van der Waals surface area (Å²) in [5.41, 5.74) is 1.16. The van der Waals surface area contributed by atoms with E-state index in [0.29, 0.717) is 0 Å². The Morgan fingerprint density at radius 2 is 2.18 bits per heavy atom. The number of carboxylic acids is 1. The maximum Gasteiger partial charge on any atom is 0.308 e. The first-order valence-electron chi connectivity index (χ1n) is 5.04. The summed E-state index contributed by atoms with van der Waals surface area (Å²) in [5.74, 6) is -0.818. The van der Waals surface area contributed by atoms with Crippen LogP contribution in [0.3, 0.4) is 0 Å². The average Bonchev–Trinajstić information content (AvgIpc) is 2.68. The van der Waals surface area contributed by atoms with Crippen molar-refractivity contribution in [2.75, 3.05) is 0 Å². The summed E-state index contributed by atoms with van der Waals surface area (Å²) in [4.78, 5) is 15.6. The van der Waals surface area contributed by atoms with Crippen LogP contribution in [0.25, 0.3) is 0 Å². The normalized spacial score (nSPS) is 10.4. The fourth-order valence-electron chi connectivity index (χ4n) is 1.47. The molecule has 0 fully saturated rings. The van der Waals surface area contributed by atoms with Gasteiger partial charge in [-0.05, 0) is 11.6 Å². The maximum atomic E-state index is 10.6. The number of aliphatic carboxylic acids is 1. The van der Waals surface area contributed by atoms with E-state index in [1.807, 2.05) is 24.3 Å². The van der Waals surface area contributed by atoms with Gasteiger partial charge in [0.1, 0.15) is 0 Å². The van der Waals surface area contributed by atoms with E-state index >= 15 is 0 Å². The molecule has 0 unspecified atom stereocenters. The van der Waals surface area contributed by atoms with Crippen LogP contribution in [0.4, 0.5) is 0 Å². The number of aromatic nitrogens is 1. The lowest BCUT2D eigenvalue weighted by atomic mass is 10.2. The lowest BCUT2D eigenvalue weighted by Crippen LogP contribution is -1.97. The second kappa shape index (κ2) is 5.42. The number of halogens is 1. The van der Waals surface area contributed by atoms with Gasteiger partial charge in [0.2, 0.25) is 0 Å².